The molecule has 6 aromatic carbocycles. The molecule has 0 saturated heterocycles. The zero-order chi connectivity index (χ0) is 32.1. The molecule has 0 fully saturated rings. The monoisotopic (exact) mass is 661 g/mol. The van der Waals surface area contributed by atoms with Crippen molar-refractivity contribution in [3.8, 4) is 28.3 Å². The van der Waals surface area contributed by atoms with E-state index in [4.69, 9.17) is 15.0 Å². The van der Waals surface area contributed by atoms with Crippen molar-refractivity contribution in [3.05, 3.63) is 140 Å². The Labute approximate surface area is 287 Å². The highest BCUT2D eigenvalue weighted by Gasteiger charge is 2.26. The molecular weight excluding hydrogens is 639 g/mol. The number of benzene rings is 6. The molecule has 0 spiro atoms. The second kappa shape index (κ2) is 10.2. The Morgan fingerprint density at radius 2 is 1.20 bits per heavy atom. The second-order valence-electron chi connectivity index (χ2n) is 12.3. The standard InChI is InChI=1S/C42H23N5S2/c1-2-10-24(11-3-1)25-18-20-26(21-19-25)37-27-12-4-7-15-31(27)45-42(46-37)47-32-16-8-5-13-28(32)34-35-30-22-43-23-44-41(30)49-39(35)40-36(38(34)47)29-14-6-9-17-33(29)48-40/h1-23H. The molecule has 0 atom stereocenters. The number of thiophene rings is 2. The van der Waals surface area contributed by atoms with Crippen LogP contribution in [-0.4, -0.2) is 24.5 Å². The van der Waals surface area contributed by atoms with Gasteiger partial charge >= 0.3 is 0 Å². The number of aromatic nitrogens is 5. The number of hydrogen-bond donors (Lipinski definition) is 0. The van der Waals surface area contributed by atoms with Crippen molar-refractivity contribution < 1.29 is 0 Å². The van der Waals surface area contributed by atoms with Crippen molar-refractivity contribution in [1.82, 2.24) is 24.5 Å². The first-order valence-electron chi connectivity index (χ1n) is 16.1. The van der Waals surface area contributed by atoms with E-state index in [2.05, 4.69) is 131 Å². The summed E-state index contributed by atoms with van der Waals surface area (Å²) >= 11 is 3.60. The number of fused-ring (bicyclic) bond motifs is 13. The Morgan fingerprint density at radius 3 is 2.08 bits per heavy atom. The minimum absolute atomic E-state index is 0.652. The Balaban J connectivity index is 1.29. The van der Waals surface area contributed by atoms with Gasteiger partial charge in [-0.3, -0.25) is 4.57 Å². The maximum absolute atomic E-state index is 5.45. The van der Waals surface area contributed by atoms with Crippen LogP contribution in [0.1, 0.15) is 0 Å². The smallest absolute Gasteiger partial charge is 0.235 e. The summed E-state index contributed by atoms with van der Waals surface area (Å²) in [6, 6.07) is 44.9. The lowest BCUT2D eigenvalue weighted by atomic mass is 10.0. The lowest BCUT2D eigenvalue weighted by molar-refractivity contribution is 1.02. The third kappa shape index (κ3) is 3.85. The van der Waals surface area contributed by atoms with Crippen LogP contribution in [0.3, 0.4) is 0 Å². The first kappa shape index (κ1) is 27.0. The Hall–Kier alpha value is -6.02. The van der Waals surface area contributed by atoms with Crippen molar-refractivity contribution in [2.24, 2.45) is 0 Å². The first-order chi connectivity index (χ1) is 24.3. The van der Waals surface area contributed by atoms with Gasteiger partial charge in [-0.1, -0.05) is 109 Å². The highest BCUT2D eigenvalue weighted by molar-refractivity contribution is 7.33. The highest BCUT2D eigenvalue weighted by atomic mass is 32.1. The molecule has 11 rings (SSSR count). The zero-order valence-corrected chi connectivity index (χ0v) is 27.5. The molecule has 49 heavy (non-hydrogen) atoms. The van der Waals surface area contributed by atoms with E-state index < -0.39 is 0 Å². The second-order valence-corrected chi connectivity index (χ2v) is 14.3. The SMILES string of the molecule is c1ccc(-c2ccc(-c3nc(-n4c5ccccc5c5c6c7cncnc7sc6c6sc7ccccc7c6c54)nc4ccccc34)cc2)cc1. The average Bonchev–Trinajstić information content (AvgIpc) is 3.85. The number of rotatable bonds is 3. The Bertz CT molecular complexity index is 3100. The van der Waals surface area contributed by atoms with E-state index >= 15 is 0 Å². The molecule has 0 amide bonds. The van der Waals surface area contributed by atoms with E-state index in [1.54, 1.807) is 17.7 Å². The molecule has 0 unspecified atom stereocenters. The van der Waals surface area contributed by atoms with E-state index in [-0.39, 0.29) is 0 Å². The van der Waals surface area contributed by atoms with Gasteiger partial charge in [0, 0.05) is 54.2 Å². The van der Waals surface area contributed by atoms with Gasteiger partial charge in [-0.05, 0) is 29.3 Å². The van der Waals surface area contributed by atoms with Gasteiger partial charge in [0.05, 0.1) is 31.6 Å². The molecule has 0 aliphatic rings. The molecule has 0 N–H and O–H groups in total. The molecule has 0 aliphatic heterocycles. The van der Waals surface area contributed by atoms with Crippen LogP contribution < -0.4 is 0 Å². The molecule has 11 aromatic rings. The minimum Gasteiger partial charge on any atom is -0.277 e. The third-order valence-electron chi connectivity index (χ3n) is 9.59. The minimum atomic E-state index is 0.652. The fourth-order valence-corrected chi connectivity index (χ4v) is 9.93. The summed E-state index contributed by atoms with van der Waals surface area (Å²) in [5.74, 6) is 0.652. The third-order valence-corrected chi connectivity index (χ3v) is 12.0. The lowest BCUT2D eigenvalue weighted by Gasteiger charge is -2.13. The van der Waals surface area contributed by atoms with Crippen LogP contribution in [0.4, 0.5) is 0 Å². The van der Waals surface area contributed by atoms with E-state index in [1.807, 2.05) is 23.6 Å². The maximum atomic E-state index is 5.45. The molecule has 0 radical (unpaired) electrons. The molecule has 0 saturated carbocycles. The highest BCUT2D eigenvalue weighted by Crippen LogP contribution is 2.51. The van der Waals surface area contributed by atoms with Crippen molar-refractivity contribution in [2.75, 3.05) is 0 Å². The van der Waals surface area contributed by atoms with Crippen LogP contribution in [0.25, 0.3) is 102 Å². The van der Waals surface area contributed by atoms with Crippen LogP contribution in [-0.2, 0) is 0 Å². The predicted octanol–water partition coefficient (Wildman–Crippen LogP) is 11.6. The van der Waals surface area contributed by atoms with Crippen LogP contribution >= 0.6 is 22.7 Å². The molecule has 0 aliphatic carbocycles. The topological polar surface area (TPSA) is 56.5 Å². The lowest BCUT2D eigenvalue weighted by Crippen LogP contribution is -2.03. The van der Waals surface area contributed by atoms with Gasteiger partial charge in [0.2, 0.25) is 5.95 Å². The summed E-state index contributed by atoms with van der Waals surface area (Å²) in [4.78, 5) is 20.9. The zero-order valence-electron chi connectivity index (χ0n) is 25.8. The van der Waals surface area contributed by atoms with Crippen LogP contribution in [0.5, 0.6) is 0 Å². The van der Waals surface area contributed by atoms with Gasteiger partial charge in [0.1, 0.15) is 11.2 Å². The van der Waals surface area contributed by atoms with Gasteiger partial charge in [0.15, 0.2) is 0 Å². The van der Waals surface area contributed by atoms with Gasteiger partial charge in [-0.15, -0.1) is 22.7 Å². The quantitative estimate of drug-likeness (QED) is 0.189. The number of nitrogens with zero attached hydrogens (tertiary/aromatic N) is 5. The van der Waals surface area contributed by atoms with Gasteiger partial charge in [-0.2, -0.15) is 0 Å². The largest absolute Gasteiger partial charge is 0.277 e. The molecule has 7 heteroatoms. The summed E-state index contributed by atoms with van der Waals surface area (Å²) in [5, 5.41) is 8.11. The molecule has 0 bridgehead atoms. The van der Waals surface area contributed by atoms with Crippen LogP contribution in [0.15, 0.2) is 140 Å². The summed E-state index contributed by atoms with van der Waals surface area (Å²) in [6.07, 6.45) is 3.62. The number of hydrogen-bond acceptors (Lipinski definition) is 6. The van der Waals surface area contributed by atoms with Gasteiger partial charge in [-0.25, -0.2) is 19.9 Å². The Kier molecular flexibility index (Phi) is 5.64. The molecular formula is C42H23N5S2. The molecule has 5 heterocycles. The normalized spacial score (nSPS) is 12.1. The van der Waals surface area contributed by atoms with Crippen molar-refractivity contribution in [3.63, 3.8) is 0 Å². The fraction of sp³-hybridized carbons (Fsp3) is 0. The predicted molar refractivity (Wildman–Crippen MR) is 206 cm³/mol. The van der Waals surface area contributed by atoms with E-state index in [0.29, 0.717) is 5.95 Å². The van der Waals surface area contributed by atoms with Crippen molar-refractivity contribution in [1.29, 1.82) is 0 Å². The van der Waals surface area contributed by atoms with Crippen molar-refractivity contribution >= 4 is 95.9 Å². The average molecular weight is 662 g/mol. The fourth-order valence-electron chi connectivity index (χ4n) is 7.46. The van der Waals surface area contributed by atoms with Crippen LogP contribution in [0.2, 0.25) is 0 Å². The number of para-hydroxylation sites is 2. The molecule has 5 aromatic heterocycles. The van der Waals surface area contributed by atoms with Crippen LogP contribution in [0, 0.1) is 0 Å². The van der Waals surface area contributed by atoms with E-state index in [9.17, 15) is 0 Å². The maximum Gasteiger partial charge on any atom is 0.235 e. The molecule has 5 nitrogen and oxygen atoms in total. The van der Waals surface area contributed by atoms with Gasteiger partial charge < -0.3 is 0 Å². The summed E-state index contributed by atoms with van der Waals surface area (Å²) in [7, 11) is 0. The summed E-state index contributed by atoms with van der Waals surface area (Å²) in [5.41, 5.74) is 7.42. The first-order valence-corrected chi connectivity index (χ1v) is 17.8. The van der Waals surface area contributed by atoms with E-state index in [0.717, 1.165) is 48.8 Å². The Morgan fingerprint density at radius 1 is 0.510 bits per heavy atom. The van der Waals surface area contributed by atoms with E-state index in [1.165, 1.54) is 46.8 Å². The summed E-state index contributed by atoms with van der Waals surface area (Å²) < 4.78 is 6.06. The summed E-state index contributed by atoms with van der Waals surface area (Å²) in [6.45, 7) is 0. The molecule has 228 valence electrons. The van der Waals surface area contributed by atoms with Gasteiger partial charge in [0.25, 0.3) is 0 Å². The van der Waals surface area contributed by atoms with Crippen molar-refractivity contribution in [2.45, 2.75) is 0 Å².